The lowest BCUT2D eigenvalue weighted by atomic mass is 10.4. The Morgan fingerprint density at radius 1 is 1.67 bits per heavy atom. The van der Waals surface area contributed by atoms with Crippen LogP contribution in [-0.2, 0) is 9.53 Å². The van der Waals surface area contributed by atoms with Gasteiger partial charge in [-0.2, -0.15) is 0 Å². The fourth-order valence-electron chi connectivity index (χ4n) is 1.09. The van der Waals surface area contributed by atoms with E-state index in [4.69, 9.17) is 9.15 Å². The van der Waals surface area contributed by atoms with Crippen molar-refractivity contribution in [2.45, 2.75) is 13.8 Å². The predicted molar refractivity (Wildman–Crippen MR) is 57.5 cm³/mol. The number of anilines is 1. The van der Waals surface area contributed by atoms with Gasteiger partial charge in [-0.25, -0.2) is 4.79 Å². The molecule has 0 amide bonds. The van der Waals surface area contributed by atoms with E-state index in [2.05, 4.69) is 0 Å². The molecule has 0 aliphatic rings. The predicted octanol–water partition coefficient (Wildman–Crippen LogP) is 2.18. The van der Waals surface area contributed by atoms with E-state index in [9.17, 15) is 4.79 Å². The average molecular weight is 209 g/mol. The average Bonchev–Trinajstić information content (AvgIpc) is 2.69. The number of carbonyl (C=O) groups excluding carboxylic acids is 1. The molecule has 0 N–H and O–H groups in total. The number of rotatable bonds is 4. The van der Waals surface area contributed by atoms with Crippen molar-refractivity contribution in [2.75, 3.05) is 18.6 Å². The number of allylic oxidation sites excluding steroid dienone is 1. The van der Waals surface area contributed by atoms with E-state index in [0.29, 0.717) is 12.5 Å². The first-order valence-electron chi connectivity index (χ1n) is 4.77. The molecule has 0 saturated carbocycles. The lowest BCUT2D eigenvalue weighted by Gasteiger charge is -2.15. The number of carbonyl (C=O) groups is 1. The number of hydrogen-bond donors (Lipinski definition) is 0. The Kier molecular flexibility index (Phi) is 3.97. The van der Waals surface area contributed by atoms with Gasteiger partial charge in [0.05, 0.1) is 12.9 Å². The van der Waals surface area contributed by atoms with Crippen molar-refractivity contribution < 1.29 is 13.9 Å². The van der Waals surface area contributed by atoms with Crippen LogP contribution in [0.2, 0.25) is 0 Å². The molecule has 15 heavy (non-hydrogen) atoms. The normalized spacial score (nSPS) is 11.3. The molecule has 0 unspecified atom stereocenters. The maximum absolute atomic E-state index is 11.2. The Bertz CT molecular complexity index is 341. The Balaban J connectivity index is 2.67. The summed E-state index contributed by atoms with van der Waals surface area (Å²) in [5.74, 6) is 0.349. The van der Waals surface area contributed by atoms with Crippen molar-refractivity contribution >= 4 is 11.9 Å². The van der Waals surface area contributed by atoms with E-state index in [0.717, 1.165) is 5.70 Å². The first kappa shape index (κ1) is 11.4. The smallest absolute Gasteiger partial charge is 0.332 e. The molecule has 0 radical (unpaired) electrons. The number of esters is 1. The molecule has 4 heteroatoms. The summed E-state index contributed by atoms with van der Waals surface area (Å²) >= 11 is 0. The molecule has 4 nitrogen and oxygen atoms in total. The highest BCUT2D eigenvalue weighted by Gasteiger charge is 2.07. The van der Waals surface area contributed by atoms with Crippen molar-refractivity contribution in [3.05, 3.63) is 30.2 Å². The highest BCUT2D eigenvalue weighted by Crippen LogP contribution is 2.16. The largest absolute Gasteiger partial charge is 0.463 e. The quantitative estimate of drug-likeness (QED) is 0.563. The third-order valence-electron chi connectivity index (χ3n) is 1.98. The molecule has 1 aromatic heterocycles. The fourth-order valence-corrected chi connectivity index (χ4v) is 1.09. The third-order valence-corrected chi connectivity index (χ3v) is 1.98. The van der Waals surface area contributed by atoms with Crippen LogP contribution in [0.5, 0.6) is 0 Å². The van der Waals surface area contributed by atoms with E-state index < -0.39 is 0 Å². The molecule has 0 bridgehead atoms. The van der Waals surface area contributed by atoms with Crippen LogP contribution in [0.4, 0.5) is 5.88 Å². The molecule has 0 aliphatic carbocycles. The summed E-state index contributed by atoms with van der Waals surface area (Å²) in [5.41, 5.74) is 0.767. The summed E-state index contributed by atoms with van der Waals surface area (Å²) in [4.78, 5) is 12.9. The molecule has 0 spiro atoms. The highest BCUT2D eigenvalue weighted by atomic mass is 16.5. The molecule has 0 aromatic carbocycles. The van der Waals surface area contributed by atoms with Gasteiger partial charge in [-0.05, 0) is 19.9 Å². The summed E-state index contributed by atoms with van der Waals surface area (Å²) in [7, 11) is 1.82. The van der Waals surface area contributed by atoms with Crippen LogP contribution in [0.1, 0.15) is 13.8 Å². The van der Waals surface area contributed by atoms with Gasteiger partial charge in [0, 0.05) is 24.9 Å². The first-order chi connectivity index (χ1) is 7.15. The lowest BCUT2D eigenvalue weighted by molar-refractivity contribution is -0.137. The summed E-state index contributed by atoms with van der Waals surface area (Å²) in [6, 6.07) is 3.62. The zero-order chi connectivity index (χ0) is 11.3. The van der Waals surface area contributed by atoms with Gasteiger partial charge in [0.2, 0.25) is 0 Å². The molecule has 0 saturated heterocycles. The van der Waals surface area contributed by atoms with Gasteiger partial charge < -0.3 is 14.1 Å². The topological polar surface area (TPSA) is 42.7 Å². The van der Waals surface area contributed by atoms with Crippen molar-refractivity contribution in [1.29, 1.82) is 0 Å². The number of ether oxygens (including phenoxy) is 1. The number of hydrogen-bond acceptors (Lipinski definition) is 4. The van der Waals surface area contributed by atoms with E-state index in [1.54, 1.807) is 24.2 Å². The van der Waals surface area contributed by atoms with E-state index in [1.807, 2.05) is 20.0 Å². The van der Waals surface area contributed by atoms with Gasteiger partial charge in [0.25, 0.3) is 0 Å². The second-order valence-electron chi connectivity index (χ2n) is 3.05. The zero-order valence-corrected chi connectivity index (χ0v) is 9.19. The van der Waals surface area contributed by atoms with Gasteiger partial charge in [-0.1, -0.05) is 0 Å². The molecule has 1 rings (SSSR count). The minimum absolute atomic E-state index is 0.339. The lowest BCUT2D eigenvalue weighted by Crippen LogP contribution is -2.15. The minimum atomic E-state index is -0.339. The van der Waals surface area contributed by atoms with Crippen LogP contribution in [0.25, 0.3) is 0 Å². The summed E-state index contributed by atoms with van der Waals surface area (Å²) in [6.45, 7) is 3.98. The molecule has 82 valence electrons. The standard InChI is InChI=1S/C11H15NO3/c1-4-14-11(13)8-9(2)12(3)10-6-5-7-15-10/h5-8H,4H2,1-3H3. The molecule has 0 aliphatic heterocycles. The Morgan fingerprint density at radius 3 is 2.93 bits per heavy atom. The summed E-state index contributed by atoms with van der Waals surface area (Å²) in [5, 5.41) is 0. The van der Waals surface area contributed by atoms with Gasteiger partial charge in [0.1, 0.15) is 0 Å². The first-order valence-corrected chi connectivity index (χ1v) is 4.77. The Labute approximate surface area is 89.1 Å². The van der Waals surface area contributed by atoms with Crippen molar-refractivity contribution in [1.82, 2.24) is 0 Å². The minimum Gasteiger partial charge on any atom is -0.463 e. The van der Waals surface area contributed by atoms with Crippen LogP contribution >= 0.6 is 0 Å². The SMILES string of the molecule is CCOC(=O)C=C(C)N(C)c1ccco1. The van der Waals surface area contributed by atoms with Crippen LogP contribution in [0, 0.1) is 0 Å². The molecular formula is C11H15NO3. The Morgan fingerprint density at radius 2 is 2.40 bits per heavy atom. The number of furan rings is 1. The molecular weight excluding hydrogens is 194 g/mol. The van der Waals surface area contributed by atoms with Gasteiger partial charge >= 0.3 is 5.97 Å². The van der Waals surface area contributed by atoms with Crippen molar-refractivity contribution in [2.24, 2.45) is 0 Å². The number of nitrogens with zero attached hydrogens (tertiary/aromatic N) is 1. The summed E-state index contributed by atoms with van der Waals surface area (Å²) < 4.78 is 10.00. The molecule has 0 fully saturated rings. The second-order valence-corrected chi connectivity index (χ2v) is 3.05. The molecule has 1 heterocycles. The van der Waals surface area contributed by atoms with E-state index >= 15 is 0 Å². The van der Waals surface area contributed by atoms with Gasteiger partial charge in [-0.3, -0.25) is 0 Å². The van der Waals surface area contributed by atoms with Crippen molar-refractivity contribution in [3.63, 3.8) is 0 Å². The fraction of sp³-hybridized carbons (Fsp3) is 0.364. The van der Waals surface area contributed by atoms with Crippen LogP contribution in [-0.4, -0.2) is 19.6 Å². The van der Waals surface area contributed by atoms with Crippen LogP contribution < -0.4 is 4.90 Å². The maximum atomic E-state index is 11.2. The van der Waals surface area contributed by atoms with Crippen molar-refractivity contribution in [3.8, 4) is 0 Å². The maximum Gasteiger partial charge on any atom is 0.332 e. The third kappa shape index (κ3) is 3.16. The van der Waals surface area contributed by atoms with Crippen LogP contribution in [0.3, 0.4) is 0 Å². The van der Waals surface area contributed by atoms with E-state index in [-0.39, 0.29) is 5.97 Å². The highest BCUT2D eigenvalue weighted by molar-refractivity contribution is 5.83. The Hall–Kier alpha value is -1.71. The second kappa shape index (κ2) is 5.24. The monoisotopic (exact) mass is 209 g/mol. The molecule has 0 atom stereocenters. The van der Waals surface area contributed by atoms with E-state index in [1.165, 1.54) is 6.08 Å². The van der Waals surface area contributed by atoms with Crippen LogP contribution in [0.15, 0.2) is 34.6 Å². The van der Waals surface area contributed by atoms with Gasteiger partial charge in [0.15, 0.2) is 5.88 Å². The zero-order valence-electron chi connectivity index (χ0n) is 9.19. The summed E-state index contributed by atoms with van der Waals surface area (Å²) in [6.07, 6.45) is 3.02. The van der Waals surface area contributed by atoms with Gasteiger partial charge in [-0.15, -0.1) is 0 Å². The molecule has 1 aromatic rings.